The highest BCUT2D eigenvalue weighted by atomic mass is 17.3. The minimum atomic E-state index is -1.01. The molecule has 2 aromatic carbocycles. The van der Waals surface area contributed by atoms with Gasteiger partial charge in [0.15, 0.2) is 0 Å². The van der Waals surface area contributed by atoms with Crippen molar-refractivity contribution in [2.75, 3.05) is 0 Å². The fourth-order valence-electron chi connectivity index (χ4n) is 4.92. The lowest BCUT2D eigenvalue weighted by molar-refractivity contribution is -0.421. The van der Waals surface area contributed by atoms with Gasteiger partial charge in [-0.25, -0.2) is 9.59 Å². The van der Waals surface area contributed by atoms with Gasteiger partial charge in [0.25, 0.3) is 0 Å². The number of carbonyl (C=O) groups excluding carboxylic acids is 2. The average molecular weight is 583 g/mol. The van der Waals surface area contributed by atoms with E-state index in [4.69, 9.17) is 19.6 Å². The highest BCUT2D eigenvalue weighted by molar-refractivity contribution is 5.89. The molecule has 2 aromatic rings. The summed E-state index contributed by atoms with van der Waals surface area (Å²) in [7, 11) is 0. The molecular weight excluding hydrogens is 528 g/mol. The molecular formula is C36H54O6. The molecule has 6 heteroatoms. The number of hydrogen-bond donors (Lipinski definition) is 0. The first kappa shape index (κ1) is 35.5. The van der Waals surface area contributed by atoms with Crippen LogP contribution in [0.3, 0.4) is 0 Å². The lowest BCUT2D eigenvalue weighted by Gasteiger charge is -2.15. The summed E-state index contributed by atoms with van der Waals surface area (Å²) in [4.78, 5) is 45.9. The summed E-state index contributed by atoms with van der Waals surface area (Å²) in [5.74, 6) is -1.23. The van der Waals surface area contributed by atoms with Crippen molar-refractivity contribution in [2.45, 2.75) is 143 Å². The molecule has 0 heterocycles. The maximum atomic E-state index is 12.5. The molecule has 6 nitrogen and oxygen atoms in total. The third kappa shape index (κ3) is 15.5. The van der Waals surface area contributed by atoms with Crippen LogP contribution in [0.4, 0.5) is 0 Å². The molecule has 42 heavy (non-hydrogen) atoms. The first-order valence-corrected chi connectivity index (χ1v) is 16.5. The van der Waals surface area contributed by atoms with Gasteiger partial charge >= 0.3 is 11.9 Å². The fraction of sp³-hybridized carbons (Fsp3) is 0.611. The van der Waals surface area contributed by atoms with Crippen LogP contribution in [-0.2, 0) is 32.4 Å². The van der Waals surface area contributed by atoms with Crippen molar-refractivity contribution >= 4 is 11.9 Å². The molecule has 0 N–H and O–H groups in total. The Morgan fingerprint density at radius 3 is 1.21 bits per heavy atom. The van der Waals surface area contributed by atoms with Crippen molar-refractivity contribution in [3.63, 3.8) is 0 Å². The quantitative estimate of drug-likeness (QED) is 0.0531. The van der Waals surface area contributed by atoms with E-state index in [2.05, 4.69) is 20.8 Å². The molecule has 234 valence electrons. The summed E-state index contributed by atoms with van der Waals surface area (Å²) in [6, 6.07) is 14.5. The first-order valence-electron chi connectivity index (χ1n) is 16.5. The van der Waals surface area contributed by atoms with E-state index in [0.29, 0.717) is 17.5 Å². The zero-order valence-electron chi connectivity index (χ0n) is 26.4. The zero-order chi connectivity index (χ0) is 30.3. The Labute approximate surface area is 254 Å². The van der Waals surface area contributed by atoms with Crippen molar-refractivity contribution in [3.8, 4) is 0 Å². The lowest BCUT2D eigenvalue weighted by Crippen LogP contribution is -2.22. The van der Waals surface area contributed by atoms with Crippen LogP contribution in [0.1, 0.15) is 155 Å². The van der Waals surface area contributed by atoms with Crippen LogP contribution >= 0.6 is 0 Å². The largest absolute Gasteiger partial charge is 0.373 e. The second kappa shape index (κ2) is 22.8. The SMILES string of the molecule is CCCCCCCCCCCCCCCC(OOC(=O)c1ccc(CCC)cc1)OOC(=O)c1ccc(CCC)cc1. The van der Waals surface area contributed by atoms with Crippen LogP contribution < -0.4 is 0 Å². The normalized spacial score (nSPS) is 11.1. The number of rotatable bonds is 24. The Morgan fingerprint density at radius 2 is 0.857 bits per heavy atom. The van der Waals surface area contributed by atoms with Crippen molar-refractivity contribution in [2.24, 2.45) is 0 Å². The van der Waals surface area contributed by atoms with Gasteiger partial charge < -0.3 is 0 Å². The standard InChI is InChI=1S/C36H54O6/c1-4-7-8-9-10-11-12-13-14-15-16-17-18-21-34(39-41-35(37)32-26-22-30(19-5-2)23-27-32)40-42-36(38)33-28-24-31(20-6-3)25-29-33/h22-29,34H,4-21H2,1-3H3. The van der Waals surface area contributed by atoms with Gasteiger partial charge in [-0.15, -0.1) is 9.78 Å². The van der Waals surface area contributed by atoms with Crippen LogP contribution in [0.15, 0.2) is 48.5 Å². The summed E-state index contributed by atoms with van der Waals surface area (Å²) < 4.78 is 0. The molecule has 0 saturated heterocycles. The minimum Gasteiger partial charge on any atom is -0.290 e. The van der Waals surface area contributed by atoms with Crippen molar-refractivity contribution in [1.82, 2.24) is 0 Å². The number of carbonyl (C=O) groups is 2. The van der Waals surface area contributed by atoms with E-state index >= 15 is 0 Å². The smallest absolute Gasteiger partial charge is 0.290 e. The van der Waals surface area contributed by atoms with Crippen LogP contribution in [-0.4, -0.2) is 18.2 Å². The van der Waals surface area contributed by atoms with E-state index in [1.165, 1.54) is 64.2 Å². The lowest BCUT2D eigenvalue weighted by atomic mass is 10.0. The van der Waals surface area contributed by atoms with E-state index in [9.17, 15) is 9.59 Å². The highest BCUT2D eigenvalue weighted by Crippen LogP contribution is 2.17. The Balaban J connectivity index is 1.76. The Morgan fingerprint density at radius 1 is 0.500 bits per heavy atom. The summed E-state index contributed by atoms with van der Waals surface area (Å²) in [6.45, 7) is 6.48. The number of benzene rings is 2. The van der Waals surface area contributed by atoms with Gasteiger partial charge in [0, 0.05) is 6.42 Å². The van der Waals surface area contributed by atoms with Crippen LogP contribution in [0, 0.1) is 0 Å². The van der Waals surface area contributed by atoms with E-state index < -0.39 is 18.2 Å². The van der Waals surface area contributed by atoms with Crippen LogP contribution in [0.2, 0.25) is 0 Å². The minimum absolute atomic E-state index is 0.388. The van der Waals surface area contributed by atoms with E-state index in [-0.39, 0.29) is 0 Å². The third-order valence-electron chi connectivity index (χ3n) is 7.46. The molecule has 2 rings (SSSR count). The second-order valence-electron chi connectivity index (χ2n) is 11.3. The maximum Gasteiger partial charge on any atom is 0.373 e. The van der Waals surface area contributed by atoms with Gasteiger partial charge in [0.1, 0.15) is 0 Å². The molecule has 0 spiro atoms. The van der Waals surface area contributed by atoms with E-state index in [1.54, 1.807) is 24.3 Å². The molecule has 0 aliphatic rings. The van der Waals surface area contributed by atoms with E-state index in [1.807, 2.05) is 24.3 Å². The molecule has 0 amide bonds. The molecule has 0 unspecified atom stereocenters. The van der Waals surface area contributed by atoms with Gasteiger partial charge in [-0.2, -0.15) is 0 Å². The summed E-state index contributed by atoms with van der Waals surface area (Å²) in [6.07, 6.45) is 19.5. The Kier molecular flexibility index (Phi) is 19.3. The van der Waals surface area contributed by atoms with Gasteiger partial charge in [-0.3, -0.25) is 9.78 Å². The average Bonchev–Trinajstić information content (AvgIpc) is 3.01. The molecule has 0 bridgehead atoms. The van der Waals surface area contributed by atoms with Crippen LogP contribution in [0.5, 0.6) is 0 Å². The zero-order valence-corrected chi connectivity index (χ0v) is 26.4. The molecule has 0 aliphatic heterocycles. The van der Waals surface area contributed by atoms with Crippen molar-refractivity contribution in [3.05, 3.63) is 70.8 Å². The predicted molar refractivity (Wildman–Crippen MR) is 168 cm³/mol. The molecule has 0 aromatic heterocycles. The highest BCUT2D eigenvalue weighted by Gasteiger charge is 2.19. The number of aryl methyl sites for hydroxylation is 2. The molecule has 0 saturated carbocycles. The molecule has 0 atom stereocenters. The summed E-state index contributed by atoms with van der Waals surface area (Å²) in [5.41, 5.74) is 3.10. The molecule has 0 radical (unpaired) electrons. The first-order chi connectivity index (χ1) is 20.6. The maximum absolute atomic E-state index is 12.5. The third-order valence-corrected chi connectivity index (χ3v) is 7.46. The van der Waals surface area contributed by atoms with Gasteiger partial charge in [-0.1, -0.05) is 135 Å². The Bertz CT molecular complexity index is 904. The monoisotopic (exact) mass is 582 g/mol. The van der Waals surface area contributed by atoms with Crippen molar-refractivity contribution in [1.29, 1.82) is 0 Å². The fourth-order valence-corrected chi connectivity index (χ4v) is 4.92. The number of hydrogen-bond acceptors (Lipinski definition) is 6. The van der Waals surface area contributed by atoms with Gasteiger partial charge in [-0.05, 0) is 54.7 Å². The molecule has 0 aliphatic carbocycles. The second-order valence-corrected chi connectivity index (χ2v) is 11.3. The van der Waals surface area contributed by atoms with Crippen LogP contribution in [0.25, 0.3) is 0 Å². The van der Waals surface area contributed by atoms with Gasteiger partial charge in [0.2, 0.25) is 6.29 Å². The summed E-state index contributed by atoms with van der Waals surface area (Å²) in [5, 5.41) is 0. The Hall–Kier alpha value is -2.70. The van der Waals surface area contributed by atoms with Gasteiger partial charge in [0.05, 0.1) is 11.1 Å². The van der Waals surface area contributed by atoms with E-state index in [0.717, 1.165) is 56.1 Å². The predicted octanol–water partition coefficient (Wildman–Crippen LogP) is 10.3. The number of unbranched alkanes of at least 4 members (excludes halogenated alkanes) is 12. The van der Waals surface area contributed by atoms with Crippen molar-refractivity contribution < 1.29 is 29.1 Å². The summed E-state index contributed by atoms with van der Waals surface area (Å²) >= 11 is 0. The topological polar surface area (TPSA) is 71.1 Å². The molecule has 0 fully saturated rings.